The largest absolute Gasteiger partial charge is 0.508 e. The third-order valence-corrected chi connectivity index (χ3v) is 2.43. The molecule has 0 spiro atoms. The van der Waals surface area contributed by atoms with Crippen LogP contribution in [0.1, 0.15) is 5.56 Å². The lowest BCUT2D eigenvalue weighted by atomic mass is 10.1. The van der Waals surface area contributed by atoms with Crippen LogP contribution in [0.4, 0.5) is 0 Å². The summed E-state index contributed by atoms with van der Waals surface area (Å²) < 4.78 is 0. The summed E-state index contributed by atoms with van der Waals surface area (Å²) in [5.74, 6) is 0.805. The summed E-state index contributed by atoms with van der Waals surface area (Å²) >= 11 is 5.57. The van der Waals surface area contributed by atoms with E-state index in [1.165, 1.54) is 0 Å². The molecule has 0 fully saturated rings. The maximum absolute atomic E-state index is 9.36. The summed E-state index contributed by atoms with van der Waals surface area (Å²) in [6, 6.07) is 11.4. The summed E-state index contributed by atoms with van der Waals surface area (Å²) in [5.41, 5.74) is 1.09. The second kappa shape index (κ2) is 4.37. The minimum atomic E-state index is 0.293. The van der Waals surface area contributed by atoms with E-state index in [0.29, 0.717) is 11.6 Å². The first-order chi connectivity index (χ1) is 7.29. The summed E-state index contributed by atoms with van der Waals surface area (Å²) in [7, 11) is 0. The van der Waals surface area contributed by atoms with Crippen molar-refractivity contribution in [3.8, 4) is 5.75 Å². The molecular weight excluding hydrogens is 208 g/mol. The Hall–Kier alpha value is -1.47. The van der Waals surface area contributed by atoms with Gasteiger partial charge in [0.15, 0.2) is 0 Å². The summed E-state index contributed by atoms with van der Waals surface area (Å²) in [6.07, 6.45) is 3.86. The smallest absolute Gasteiger partial charge is 0.116 e. The second-order valence-corrected chi connectivity index (χ2v) is 3.66. The molecule has 0 saturated carbocycles. The highest BCUT2D eigenvalue weighted by Gasteiger charge is 1.95. The van der Waals surface area contributed by atoms with E-state index in [4.69, 9.17) is 11.6 Å². The zero-order valence-corrected chi connectivity index (χ0v) is 8.91. The number of hydrogen-bond donors (Lipinski definition) is 1. The average Bonchev–Trinajstić information content (AvgIpc) is 2.25. The Balaban J connectivity index is 2.49. The molecule has 2 aromatic carbocycles. The molecule has 2 heteroatoms. The summed E-state index contributed by atoms with van der Waals surface area (Å²) in [5, 5.41) is 11.5. The molecule has 1 nitrogen and oxygen atoms in total. The van der Waals surface area contributed by atoms with Crippen LogP contribution in [0.25, 0.3) is 16.8 Å². The zero-order chi connectivity index (χ0) is 10.7. The van der Waals surface area contributed by atoms with Gasteiger partial charge >= 0.3 is 0 Å². The lowest BCUT2D eigenvalue weighted by molar-refractivity contribution is 0.476. The van der Waals surface area contributed by atoms with Gasteiger partial charge in [-0.3, -0.25) is 0 Å². The average molecular weight is 219 g/mol. The van der Waals surface area contributed by atoms with Gasteiger partial charge in [-0.25, -0.2) is 0 Å². The number of benzene rings is 2. The minimum Gasteiger partial charge on any atom is -0.508 e. The van der Waals surface area contributed by atoms with Gasteiger partial charge in [-0.2, -0.15) is 0 Å². The van der Waals surface area contributed by atoms with Crippen LogP contribution in [0.3, 0.4) is 0 Å². The van der Waals surface area contributed by atoms with Gasteiger partial charge < -0.3 is 5.11 Å². The lowest BCUT2D eigenvalue weighted by Gasteiger charge is -2.00. The molecule has 0 saturated heterocycles. The van der Waals surface area contributed by atoms with Gasteiger partial charge in [0.05, 0.1) is 0 Å². The first-order valence-corrected chi connectivity index (χ1v) is 5.28. The van der Waals surface area contributed by atoms with Crippen LogP contribution < -0.4 is 0 Å². The SMILES string of the molecule is Oc1ccc2ccc(C=CCCl)cc2c1. The highest BCUT2D eigenvalue weighted by atomic mass is 35.5. The van der Waals surface area contributed by atoms with Crippen molar-refractivity contribution >= 4 is 28.4 Å². The summed E-state index contributed by atoms with van der Waals surface area (Å²) in [6.45, 7) is 0. The monoisotopic (exact) mass is 218 g/mol. The van der Waals surface area contributed by atoms with E-state index >= 15 is 0 Å². The van der Waals surface area contributed by atoms with Crippen LogP contribution in [0.15, 0.2) is 42.5 Å². The molecular formula is C13H11ClO. The number of phenolic OH excluding ortho intramolecular Hbond substituents is 1. The third kappa shape index (κ3) is 2.31. The van der Waals surface area contributed by atoms with Gasteiger partial charge in [0.1, 0.15) is 5.75 Å². The van der Waals surface area contributed by atoms with Crippen LogP contribution in [-0.4, -0.2) is 11.0 Å². The molecule has 2 aromatic rings. The third-order valence-electron chi connectivity index (χ3n) is 2.25. The van der Waals surface area contributed by atoms with Crippen molar-refractivity contribution in [3.05, 3.63) is 48.0 Å². The highest BCUT2D eigenvalue weighted by molar-refractivity contribution is 6.19. The van der Waals surface area contributed by atoms with Crippen molar-refractivity contribution in [2.24, 2.45) is 0 Å². The number of halogens is 1. The van der Waals surface area contributed by atoms with Crippen molar-refractivity contribution in [1.29, 1.82) is 0 Å². The van der Waals surface area contributed by atoms with Gasteiger partial charge in [0, 0.05) is 5.88 Å². The number of rotatable bonds is 2. The van der Waals surface area contributed by atoms with Crippen LogP contribution in [0.2, 0.25) is 0 Å². The first kappa shape index (κ1) is 10.1. The predicted octanol–water partition coefficient (Wildman–Crippen LogP) is 3.80. The molecule has 0 aliphatic carbocycles. The topological polar surface area (TPSA) is 20.2 Å². The van der Waals surface area contributed by atoms with Crippen LogP contribution in [0.5, 0.6) is 5.75 Å². The standard InChI is InChI=1S/C13H11ClO/c14-7-1-2-10-3-4-11-5-6-13(15)9-12(11)8-10/h1-6,8-9,15H,7H2. The van der Waals surface area contributed by atoms with E-state index in [1.807, 2.05) is 36.4 Å². The molecule has 0 aromatic heterocycles. The highest BCUT2D eigenvalue weighted by Crippen LogP contribution is 2.21. The van der Waals surface area contributed by atoms with Crippen LogP contribution in [0, 0.1) is 0 Å². The van der Waals surface area contributed by atoms with E-state index in [9.17, 15) is 5.11 Å². The van der Waals surface area contributed by atoms with Crippen molar-refractivity contribution < 1.29 is 5.11 Å². The van der Waals surface area contributed by atoms with E-state index < -0.39 is 0 Å². The molecule has 0 aliphatic rings. The van der Waals surface area contributed by atoms with Crippen molar-refractivity contribution in [2.45, 2.75) is 0 Å². The Labute approximate surface area is 93.6 Å². The van der Waals surface area contributed by atoms with E-state index in [0.717, 1.165) is 16.3 Å². The number of aromatic hydroxyl groups is 1. The Morgan fingerprint density at radius 1 is 1.07 bits per heavy atom. The first-order valence-electron chi connectivity index (χ1n) is 4.75. The summed E-state index contributed by atoms with van der Waals surface area (Å²) in [4.78, 5) is 0. The maximum Gasteiger partial charge on any atom is 0.116 e. The van der Waals surface area contributed by atoms with Crippen molar-refractivity contribution in [2.75, 3.05) is 5.88 Å². The van der Waals surface area contributed by atoms with E-state index in [2.05, 4.69) is 0 Å². The van der Waals surface area contributed by atoms with Gasteiger partial charge in [-0.15, -0.1) is 11.6 Å². The zero-order valence-electron chi connectivity index (χ0n) is 8.15. The number of alkyl halides is 1. The molecule has 1 N–H and O–H groups in total. The van der Waals surface area contributed by atoms with Gasteiger partial charge in [-0.1, -0.05) is 30.4 Å². The Bertz CT molecular complexity index is 503. The van der Waals surface area contributed by atoms with E-state index in [1.54, 1.807) is 12.1 Å². The van der Waals surface area contributed by atoms with Gasteiger partial charge in [0.2, 0.25) is 0 Å². The number of phenols is 1. The number of hydrogen-bond acceptors (Lipinski definition) is 1. The molecule has 76 valence electrons. The van der Waals surface area contributed by atoms with Crippen LogP contribution >= 0.6 is 11.6 Å². The molecule has 0 aliphatic heterocycles. The molecule has 0 radical (unpaired) electrons. The molecule has 0 bridgehead atoms. The molecule has 0 amide bonds. The minimum absolute atomic E-state index is 0.293. The fourth-order valence-corrected chi connectivity index (χ4v) is 1.63. The molecule has 0 unspecified atom stereocenters. The maximum atomic E-state index is 9.36. The predicted molar refractivity (Wildman–Crippen MR) is 65.4 cm³/mol. The van der Waals surface area contributed by atoms with E-state index in [-0.39, 0.29) is 0 Å². The fraction of sp³-hybridized carbons (Fsp3) is 0.0769. The van der Waals surface area contributed by atoms with Crippen LogP contribution in [-0.2, 0) is 0 Å². The van der Waals surface area contributed by atoms with Crippen molar-refractivity contribution in [3.63, 3.8) is 0 Å². The molecule has 15 heavy (non-hydrogen) atoms. The fourth-order valence-electron chi connectivity index (χ4n) is 1.54. The Morgan fingerprint density at radius 3 is 2.67 bits per heavy atom. The molecule has 2 rings (SSSR count). The Morgan fingerprint density at radius 2 is 1.87 bits per heavy atom. The molecule has 0 heterocycles. The number of allylic oxidation sites excluding steroid dienone is 1. The Kier molecular flexibility index (Phi) is 2.93. The second-order valence-electron chi connectivity index (χ2n) is 3.35. The quantitative estimate of drug-likeness (QED) is 0.761. The van der Waals surface area contributed by atoms with Gasteiger partial charge in [0.25, 0.3) is 0 Å². The normalized spacial score (nSPS) is 11.3. The molecule has 0 atom stereocenters. The lowest BCUT2D eigenvalue weighted by Crippen LogP contribution is -1.76. The van der Waals surface area contributed by atoms with Gasteiger partial charge in [-0.05, 0) is 34.5 Å². The van der Waals surface area contributed by atoms with Crippen molar-refractivity contribution in [1.82, 2.24) is 0 Å². The number of fused-ring (bicyclic) bond motifs is 1.